The number of benzene rings is 1. The molecule has 6 nitrogen and oxygen atoms in total. The van der Waals surface area contributed by atoms with E-state index in [0.717, 1.165) is 5.56 Å². The highest BCUT2D eigenvalue weighted by molar-refractivity contribution is 6.08. The predicted molar refractivity (Wildman–Crippen MR) is 54.1 cm³/mol. The predicted octanol–water partition coefficient (Wildman–Crippen LogP) is 1.74. The zero-order valence-corrected chi connectivity index (χ0v) is 7.97. The molecule has 0 heterocycles. The molecule has 0 bridgehead atoms. The third kappa shape index (κ3) is 2.16. The highest BCUT2D eigenvalue weighted by Crippen LogP contribution is 2.21. The molecule has 1 aromatic rings. The number of anilines is 2. The lowest BCUT2D eigenvalue weighted by Crippen LogP contribution is -2.34. The first-order valence-electron chi connectivity index (χ1n) is 4.05. The molecule has 0 atom stereocenters. The number of carboxylic acid groups (broad SMARTS) is 2. The van der Waals surface area contributed by atoms with E-state index in [1.807, 2.05) is 0 Å². The van der Waals surface area contributed by atoms with Gasteiger partial charge in [0.1, 0.15) is 0 Å². The van der Waals surface area contributed by atoms with Crippen LogP contribution in [0.3, 0.4) is 0 Å². The second kappa shape index (κ2) is 3.87. The van der Waals surface area contributed by atoms with Gasteiger partial charge < -0.3 is 15.9 Å². The molecule has 1 rings (SSSR count). The summed E-state index contributed by atoms with van der Waals surface area (Å²) in [6, 6.07) is 4.25. The minimum Gasteiger partial charge on any atom is -0.464 e. The van der Waals surface area contributed by atoms with Gasteiger partial charge in [-0.05, 0) is 24.6 Å². The molecule has 80 valence electrons. The fourth-order valence-corrected chi connectivity index (χ4v) is 1.07. The highest BCUT2D eigenvalue weighted by Gasteiger charge is 2.22. The van der Waals surface area contributed by atoms with Crippen LogP contribution in [-0.4, -0.2) is 22.4 Å². The number of aryl methyl sites for hydroxylation is 1. The molecule has 0 saturated carbocycles. The molecule has 1 aromatic carbocycles. The molecular formula is C9H10N2O4. The fraction of sp³-hybridized carbons (Fsp3) is 0.111. The van der Waals surface area contributed by atoms with Gasteiger partial charge in [0, 0.05) is 5.69 Å². The van der Waals surface area contributed by atoms with Gasteiger partial charge >= 0.3 is 12.2 Å². The Morgan fingerprint density at radius 2 is 1.80 bits per heavy atom. The average molecular weight is 210 g/mol. The van der Waals surface area contributed by atoms with E-state index in [-0.39, 0.29) is 10.6 Å². The summed E-state index contributed by atoms with van der Waals surface area (Å²) in [5, 5.41) is 17.3. The van der Waals surface area contributed by atoms with Crippen LogP contribution in [0.1, 0.15) is 5.56 Å². The van der Waals surface area contributed by atoms with Gasteiger partial charge in [0.15, 0.2) is 0 Å². The standard InChI is InChI=1S/C9H10N2O4/c1-5-2-3-6(4-7(5)10)11(8(12)13)9(14)15/h2-4H,10H2,1H3,(H,12,13)(H,14,15). The summed E-state index contributed by atoms with van der Waals surface area (Å²) in [4.78, 5) is 21.5. The molecule has 0 unspecified atom stereocenters. The molecular weight excluding hydrogens is 200 g/mol. The topological polar surface area (TPSA) is 104 Å². The van der Waals surface area contributed by atoms with E-state index in [4.69, 9.17) is 15.9 Å². The van der Waals surface area contributed by atoms with Gasteiger partial charge in [0.05, 0.1) is 5.69 Å². The van der Waals surface area contributed by atoms with Crippen LogP contribution in [0, 0.1) is 6.92 Å². The highest BCUT2D eigenvalue weighted by atomic mass is 16.4. The number of imide groups is 1. The van der Waals surface area contributed by atoms with Crippen molar-refractivity contribution in [3.05, 3.63) is 23.8 Å². The molecule has 15 heavy (non-hydrogen) atoms. The molecule has 0 aliphatic rings. The Bertz CT molecular complexity index is 403. The Balaban J connectivity index is 3.18. The molecule has 0 aliphatic carbocycles. The lowest BCUT2D eigenvalue weighted by Gasteiger charge is -2.14. The number of rotatable bonds is 1. The van der Waals surface area contributed by atoms with Crippen molar-refractivity contribution in [1.82, 2.24) is 0 Å². The van der Waals surface area contributed by atoms with E-state index in [2.05, 4.69) is 0 Å². The SMILES string of the molecule is Cc1ccc(N(C(=O)O)C(=O)O)cc1N. The second-order valence-electron chi connectivity index (χ2n) is 2.94. The number of nitrogens with two attached hydrogens (primary N) is 1. The molecule has 2 amide bonds. The molecule has 0 radical (unpaired) electrons. The summed E-state index contributed by atoms with van der Waals surface area (Å²) in [5.74, 6) is 0. The summed E-state index contributed by atoms with van der Waals surface area (Å²) >= 11 is 0. The molecule has 0 fully saturated rings. The van der Waals surface area contributed by atoms with Gasteiger partial charge in [-0.15, -0.1) is 0 Å². The minimum absolute atomic E-state index is 0.0121. The first-order chi connectivity index (χ1) is 6.93. The first-order valence-corrected chi connectivity index (χ1v) is 4.05. The van der Waals surface area contributed by atoms with E-state index >= 15 is 0 Å². The average Bonchev–Trinajstić information content (AvgIpc) is 2.10. The van der Waals surface area contributed by atoms with Gasteiger partial charge in [0.2, 0.25) is 0 Å². The molecule has 0 saturated heterocycles. The second-order valence-corrected chi connectivity index (χ2v) is 2.94. The van der Waals surface area contributed by atoms with E-state index in [0.29, 0.717) is 5.69 Å². The van der Waals surface area contributed by atoms with Crippen molar-refractivity contribution in [1.29, 1.82) is 0 Å². The smallest absolute Gasteiger partial charge is 0.421 e. The Labute approximate surface area is 85.5 Å². The normalized spacial score (nSPS) is 9.67. The maximum atomic E-state index is 10.6. The number of nitrogen functional groups attached to an aromatic ring is 1. The molecule has 0 aromatic heterocycles. The molecule has 0 spiro atoms. The van der Waals surface area contributed by atoms with Crippen LogP contribution in [0.25, 0.3) is 0 Å². The number of hydrogen-bond acceptors (Lipinski definition) is 3. The zero-order chi connectivity index (χ0) is 11.6. The Hall–Kier alpha value is -2.24. The van der Waals surface area contributed by atoms with Crippen LogP contribution in [0.5, 0.6) is 0 Å². The van der Waals surface area contributed by atoms with Gasteiger partial charge in [-0.2, -0.15) is 4.90 Å². The van der Waals surface area contributed by atoms with Crippen LogP contribution in [0.15, 0.2) is 18.2 Å². The lowest BCUT2D eigenvalue weighted by molar-refractivity contribution is 0.184. The van der Waals surface area contributed by atoms with E-state index in [1.54, 1.807) is 13.0 Å². The van der Waals surface area contributed by atoms with Crippen molar-refractivity contribution in [2.45, 2.75) is 6.92 Å². The number of carbonyl (C=O) groups is 2. The van der Waals surface area contributed by atoms with E-state index in [9.17, 15) is 9.59 Å². The van der Waals surface area contributed by atoms with E-state index in [1.165, 1.54) is 12.1 Å². The summed E-state index contributed by atoms with van der Waals surface area (Å²) in [6.45, 7) is 1.74. The number of hydrogen-bond donors (Lipinski definition) is 3. The van der Waals surface area contributed by atoms with Crippen molar-refractivity contribution in [2.24, 2.45) is 0 Å². The summed E-state index contributed by atoms with van der Waals surface area (Å²) in [5.41, 5.74) is 6.66. The molecule has 6 heteroatoms. The van der Waals surface area contributed by atoms with Crippen molar-refractivity contribution >= 4 is 23.6 Å². The molecule has 0 aliphatic heterocycles. The van der Waals surface area contributed by atoms with Crippen molar-refractivity contribution < 1.29 is 19.8 Å². The molecule has 4 N–H and O–H groups in total. The minimum atomic E-state index is -1.56. The van der Waals surface area contributed by atoms with Crippen molar-refractivity contribution in [3.63, 3.8) is 0 Å². The van der Waals surface area contributed by atoms with Gasteiger partial charge in [-0.25, -0.2) is 9.59 Å². The lowest BCUT2D eigenvalue weighted by atomic mass is 10.2. The van der Waals surface area contributed by atoms with Crippen molar-refractivity contribution in [3.8, 4) is 0 Å². The van der Waals surface area contributed by atoms with Crippen LogP contribution < -0.4 is 10.6 Å². The maximum absolute atomic E-state index is 10.6. The number of amides is 2. The largest absolute Gasteiger partial charge is 0.464 e. The number of nitrogens with zero attached hydrogens (tertiary/aromatic N) is 1. The first kappa shape index (κ1) is 10.8. The van der Waals surface area contributed by atoms with Crippen LogP contribution in [0.4, 0.5) is 21.0 Å². The third-order valence-electron chi connectivity index (χ3n) is 1.90. The summed E-state index contributed by atoms with van der Waals surface area (Å²) < 4.78 is 0. The zero-order valence-electron chi connectivity index (χ0n) is 7.97. The van der Waals surface area contributed by atoms with Crippen molar-refractivity contribution in [2.75, 3.05) is 10.6 Å². The van der Waals surface area contributed by atoms with Gasteiger partial charge in [-0.3, -0.25) is 0 Å². The Morgan fingerprint density at radius 1 is 1.27 bits per heavy atom. The fourth-order valence-electron chi connectivity index (χ4n) is 1.07. The van der Waals surface area contributed by atoms with Crippen LogP contribution in [0.2, 0.25) is 0 Å². The summed E-state index contributed by atoms with van der Waals surface area (Å²) in [7, 11) is 0. The Morgan fingerprint density at radius 3 is 2.20 bits per heavy atom. The quantitative estimate of drug-likeness (QED) is 0.612. The van der Waals surface area contributed by atoms with E-state index < -0.39 is 12.2 Å². The third-order valence-corrected chi connectivity index (χ3v) is 1.90. The summed E-state index contributed by atoms with van der Waals surface area (Å²) in [6.07, 6.45) is -3.13. The monoisotopic (exact) mass is 210 g/mol. The Kier molecular flexibility index (Phi) is 2.80. The van der Waals surface area contributed by atoms with Gasteiger partial charge in [0.25, 0.3) is 0 Å². The van der Waals surface area contributed by atoms with Crippen LogP contribution >= 0.6 is 0 Å². The van der Waals surface area contributed by atoms with Gasteiger partial charge in [-0.1, -0.05) is 6.07 Å². The van der Waals surface area contributed by atoms with Crippen LogP contribution in [-0.2, 0) is 0 Å². The maximum Gasteiger partial charge on any atom is 0.421 e.